The molecular weight excluding hydrogens is 160 g/mol. The van der Waals surface area contributed by atoms with Crippen LogP contribution in [-0.2, 0) is 4.79 Å². The van der Waals surface area contributed by atoms with E-state index in [2.05, 4.69) is 10.6 Å². The maximum Gasteiger partial charge on any atom is 0.314 e. The first kappa shape index (κ1) is 8.79. The topological polar surface area (TPSA) is 110 Å². The Morgan fingerprint density at radius 1 is 1.50 bits per heavy atom. The summed E-state index contributed by atoms with van der Waals surface area (Å²) in [4.78, 5) is 21.2. The largest absolute Gasteiger partial charge is 0.370 e. The number of primary amides is 1. The minimum Gasteiger partial charge on any atom is -0.370 e. The Bertz CT molecular complexity index is 206. The molecule has 0 aromatic heterocycles. The predicted octanol–water partition coefficient (Wildman–Crippen LogP) is -2.13. The third-order valence-corrected chi connectivity index (χ3v) is 1.73. The fourth-order valence-electron chi connectivity index (χ4n) is 1.11. The van der Waals surface area contributed by atoms with E-state index in [9.17, 15) is 9.59 Å². The molecule has 0 bridgehead atoms. The van der Waals surface area contributed by atoms with Crippen molar-refractivity contribution in [1.82, 2.24) is 10.6 Å². The van der Waals surface area contributed by atoms with Gasteiger partial charge < -0.3 is 22.1 Å². The van der Waals surface area contributed by atoms with E-state index in [1.807, 2.05) is 0 Å². The van der Waals surface area contributed by atoms with Crippen LogP contribution in [0.25, 0.3) is 0 Å². The molecule has 1 saturated heterocycles. The van der Waals surface area contributed by atoms with E-state index in [-0.39, 0.29) is 25.5 Å². The van der Waals surface area contributed by atoms with E-state index in [0.717, 1.165) is 0 Å². The smallest absolute Gasteiger partial charge is 0.314 e. The molecule has 0 aromatic carbocycles. The molecule has 0 spiro atoms. The summed E-state index contributed by atoms with van der Waals surface area (Å²) in [6.45, 7) is 0.559. The van der Waals surface area contributed by atoms with Gasteiger partial charge in [0.1, 0.15) is 0 Å². The zero-order valence-electron chi connectivity index (χ0n) is 6.59. The predicted molar refractivity (Wildman–Crippen MR) is 42.1 cm³/mol. The molecule has 0 unspecified atom stereocenters. The van der Waals surface area contributed by atoms with Gasteiger partial charge in [-0.15, -0.1) is 0 Å². The van der Waals surface area contributed by atoms with Crippen molar-refractivity contribution in [3.63, 3.8) is 0 Å². The van der Waals surface area contributed by atoms with Gasteiger partial charge in [-0.05, 0) is 0 Å². The third kappa shape index (κ3) is 2.09. The number of hydrogen-bond donors (Lipinski definition) is 4. The maximum absolute atomic E-state index is 10.6. The van der Waals surface area contributed by atoms with Gasteiger partial charge in [-0.2, -0.15) is 0 Å². The molecule has 1 rings (SSSR count). The summed E-state index contributed by atoms with van der Waals surface area (Å²) in [6, 6.07) is -0.263. The lowest BCUT2D eigenvalue weighted by atomic mass is 9.95. The molecular formula is C6H12N4O2. The highest BCUT2D eigenvalue weighted by molar-refractivity contribution is 5.78. The average molecular weight is 172 g/mol. The van der Waals surface area contributed by atoms with Gasteiger partial charge in [-0.1, -0.05) is 0 Å². The summed E-state index contributed by atoms with van der Waals surface area (Å²) < 4.78 is 0. The summed E-state index contributed by atoms with van der Waals surface area (Å²) in [6.07, 6.45) is 0.0697. The zero-order chi connectivity index (χ0) is 9.19. The second-order valence-electron chi connectivity index (χ2n) is 3.04. The van der Waals surface area contributed by atoms with E-state index < -0.39 is 11.4 Å². The summed E-state index contributed by atoms with van der Waals surface area (Å²) >= 11 is 0. The van der Waals surface area contributed by atoms with E-state index in [0.29, 0.717) is 0 Å². The van der Waals surface area contributed by atoms with Crippen LogP contribution in [0.15, 0.2) is 0 Å². The number of carbonyl (C=O) groups excluding carboxylic acids is 2. The Morgan fingerprint density at radius 3 is 2.42 bits per heavy atom. The molecule has 0 aromatic rings. The van der Waals surface area contributed by atoms with Gasteiger partial charge in [0.05, 0.1) is 5.54 Å². The highest BCUT2D eigenvalue weighted by Crippen LogP contribution is 2.06. The first-order valence-corrected chi connectivity index (χ1v) is 3.61. The van der Waals surface area contributed by atoms with Crippen molar-refractivity contribution in [2.24, 2.45) is 11.5 Å². The van der Waals surface area contributed by atoms with Gasteiger partial charge in [0, 0.05) is 19.5 Å². The Hall–Kier alpha value is -1.30. The maximum atomic E-state index is 10.6. The molecule has 0 aliphatic carbocycles. The average Bonchev–Trinajstić information content (AvgIpc) is 1.94. The first-order valence-electron chi connectivity index (χ1n) is 3.61. The SMILES string of the molecule is NC(=O)CC1(N)CNC(=O)NC1. The molecule has 12 heavy (non-hydrogen) atoms. The quantitative estimate of drug-likeness (QED) is 0.382. The minimum absolute atomic E-state index is 0.0697. The number of rotatable bonds is 2. The number of carbonyl (C=O) groups is 2. The van der Waals surface area contributed by atoms with E-state index in [1.165, 1.54) is 0 Å². The molecule has 1 aliphatic heterocycles. The van der Waals surface area contributed by atoms with Crippen molar-refractivity contribution in [2.75, 3.05) is 13.1 Å². The first-order chi connectivity index (χ1) is 5.52. The molecule has 6 heteroatoms. The number of nitrogens with two attached hydrogens (primary N) is 2. The summed E-state index contributed by atoms with van der Waals surface area (Å²) in [7, 11) is 0. The van der Waals surface area contributed by atoms with Crippen LogP contribution in [-0.4, -0.2) is 30.6 Å². The van der Waals surface area contributed by atoms with Gasteiger partial charge in [0.15, 0.2) is 0 Å². The van der Waals surface area contributed by atoms with E-state index in [4.69, 9.17) is 11.5 Å². The highest BCUT2D eigenvalue weighted by Gasteiger charge is 2.31. The van der Waals surface area contributed by atoms with Crippen LogP contribution < -0.4 is 22.1 Å². The molecule has 3 amide bonds. The standard InChI is InChI=1S/C6H12N4O2/c7-4(11)1-6(8)2-9-5(12)10-3-6/h1-3,8H2,(H2,7,11)(H2,9,10,12). The van der Waals surface area contributed by atoms with Gasteiger partial charge in [0.2, 0.25) is 5.91 Å². The van der Waals surface area contributed by atoms with E-state index >= 15 is 0 Å². The number of hydrogen-bond acceptors (Lipinski definition) is 3. The van der Waals surface area contributed by atoms with Crippen LogP contribution >= 0.6 is 0 Å². The van der Waals surface area contributed by atoms with Gasteiger partial charge in [0.25, 0.3) is 0 Å². The number of nitrogens with one attached hydrogen (secondary N) is 2. The van der Waals surface area contributed by atoms with Crippen molar-refractivity contribution >= 4 is 11.9 Å². The molecule has 0 saturated carbocycles. The van der Waals surface area contributed by atoms with Crippen LogP contribution in [0.5, 0.6) is 0 Å². The summed E-state index contributed by atoms with van der Waals surface area (Å²) in [5, 5.41) is 4.99. The molecule has 6 N–H and O–H groups in total. The zero-order valence-corrected chi connectivity index (χ0v) is 6.59. The van der Waals surface area contributed by atoms with Crippen LogP contribution in [0.3, 0.4) is 0 Å². The fourth-order valence-corrected chi connectivity index (χ4v) is 1.11. The number of amides is 3. The second kappa shape index (κ2) is 2.98. The van der Waals surface area contributed by atoms with Crippen LogP contribution in [0.4, 0.5) is 4.79 Å². The van der Waals surface area contributed by atoms with Crippen molar-refractivity contribution in [2.45, 2.75) is 12.0 Å². The molecule has 1 aliphatic rings. The molecule has 1 heterocycles. The lowest BCUT2D eigenvalue weighted by Gasteiger charge is -2.32. The monoisotopic (exact) mass is 172 g/mol. The molecule has 1 fully saturated rings. The fraction of sp³-hybridized carbons (Fsp3) is 0.667. The Labute approximate surface area is 69.7 Å². The van der Waals surface area contributed by atoms with E-state index in [1.54, 1.807) is 0 Å². The summed E-state index contributed by atoms with van der Waals surface area (Å²) in [5.41, 5.74) is 9.99. The van der Waals surface area contributed by atoms with Crippen LogP contribution in [0.2, 0.25) is 0 Å². The normalized spacial score (nSPS) is 20.9. The number of urea groups is 1. The Morgan fingerprint density at radius 2 is 2.00 bits per heavy atom. The van der Waals surface area contributed by atoms with Gasteiger partial charge in [-0.25, -0.2) is 4.79 Å². The lowest BCUT2D eigenvalue weighted by molar-refractivity contribution is -0.119. The molecule has 68 valence electrons. The van der Waals surface area contributed by atoms with Crippen molar-refractivity contribution in [3.8, 4) is 0 Å². The second-order valence-corrected chi connectivity index (χ2v) is 3.04. The minimum atomic E-state index is -0.736. The van der Waals surface area contributed by atoms with Crippen molar-refractivity contribution in [3.05, 3.63) is 0 Å². The highest BCUT2D eigenvalue weighted by atomic mass is 16.2. The molecule has 6 nitrogen and oxygen atoms in total. The van der Waals surface area contributed by atoms with Gasteiger partial charge in [-0.3, -0.25) is 4.79 Å². The Kier molecular flexibility index (Phi) is 2.18. The van der Waals surface area contributed by atoms with Gasteiger partial charge >= 0.3 is 6.03 Å². The third-order valence-electron chi connectivity index (χ3n) is 1.73. The van der Waals surface area contributed by atoms with Crippen LogP contribution in [0, 0.1) is 0 Å². The van der Waals surface area contributed by atoms with Crippen molar-refractivity contribution < 1.29 is 9.59 Å². The van der Waals surface area contributed by atoms with Crippen LogP contribution in [0.1, 0.15) is 6.42 Å². The summed E-state index contributed by atoms with van der Waals surface area (Å²) in [5.74, 6) is -0.463. The van der Waals surface area contributed by atoms with Crippen molar-refractivity contribution in [1.29, 1.82) is 0 Å². The Balaban J connectivity index is 2.49. The lowest BCUT2D eigenvalue weighted by Crippen LogP contribution is -2.64. The molecule has 0 atom stereocenters. The molecule has 0 radical (unpaired) electrons.